The average molecular weight is 230 g/mol. The van der Waals surface area contributed by atoms with E-state index in [4.69, 9.17) is 9.47 Å². The summed E-state index contributed by atoms with van der Waals surface area (Å²) in [4.78, 5) is 24.6. The summed E-state index contributed by atoms with van der Waals surface area (Å²) in [5, 5.41) is 0. The summed E-state index contributed by atoms with van der Waals surface area (Å²) in [5.74, 6) is 0. The van der Waals surface area contributed by atoms with Crippen molar-refractivity contribution in [3.63, 3.8) is 0 Å². The van der Waals surface area contributed by atoms with Gasteiger partial charge in [-0.2, -0.15) is 0 Å². The molecule has 0 bridgehead atoms. The van der Waals surface area contributed by atoms with Crippen LogP contribution in [0, 0.1) is 0 Å². The molecular weight excluding hydrogens is 212 g/mol. The zero-order valence-electron chi connectivity index (χ0n) is 10.1. The second kappa shape index (κ2) is 7.56. The molecule has 92 valence electrons. The molecule has 0 heterocycles. The van der Waals surface area contributed by atoms with Crippen LogP contribution in [0.2, 0.25) is 0 Å². The minimum atomic E-state index is -0.407. The first-order valence-corrected chi connectivity index (χ1v) is 4.78. The SMILES string of the molecule is CN(C)C(=O)OCC=CCOC(=O)N(C)C. The van der Waals surface area contributed by atoms with Gasteiger partial charge in [-0.15, -0.1) is 0 Å². The minimum absolute atomic E-state index is 0.163. The van der Waals surface area contributed by atoms with Crippen LogP contribution in [-0.4, -0.2) is 63.4 Å². The summed E-state index contributed by atoms with van der Waals surface area (Å²) >= 11 is 0. The Morgan fingerprint density at radius 1 is 0.875 bits per heavy atom. The van der Waals surface area contributed by atoms with E-state index >= 15 is 0 Å². The molecular formula is C10H18N2O4. The van der Waals surface area contributed by atoms with E-state index < -0.39 is 12.2 Å². The van der Waals surface area contributed by atoms with Gasteiger partial charge in [0.05, 0.1) is 0 Å². The first-order chi connectivity index (χ1) is 7.45. The Kier molecular flexibility index (Phi) is 6.74. The van der Waals surface area contributed by atoms with Gasteiger partial charge in [0.25, 0.3) is 0 Å². The first-order valence-electron chi connectivity index (χ1n) is 4.78. The number of ether oxygens (including phenoxy) is 2. The maximum absolute atomic E-state index is 11.0. The maximum Gasteiger partial charge on any atom is 0.409 e. The number of amides is 2. The summed E-state index contributed by atoms with van der Waals surface area (Å²) in [7, 11) is 6.41. The summed E-state index contributed by atoms with van der Waals surface area (Å²) in [5.41, 5.74) is 0. The summed E-state index contributed by atoms with van der Waals surface area (Å²) in [6.45, 7) is 0.326. The van der Waals surface area contributed by atoms with E-state index in [2.05, 4.69) is 0 Å². The number of hydrogen-bond donors (Lipinski definition) is 0. The number of hydrogen-bond acceptors (Lipinski definition) is 4. The molecule has 0 unspecified atom stereocenters. The topological polar surface area (TPSA) is 59.1 Å². The largest absolute Gasteiger partial charge is 0.445 e. The van der Waals surface area contributed by atoms with Crippen LogP contribution in [0.25, 0.3) is 0 Å². The summed E-state index contributed by atoms with van der Waals surface area (Å²) in [6.07, 6.45) is 2.42. The molecule has 6 nitrogen and oxygen atoms in total. The molecule has 0 aliphatic rings. The smallest absolute Gasteiger partial charge is 0.409 e. The molecule has 0 saturated heterocycles. The van der Waals surface area contributed by atoms with E-state index in [9.17, 15) is 9.59 Å². The van der Waals surface area contributed by atoms with Gasteiger partial charge in [-0.3, -0.25) is 0 Å². The molecule has 0 spiro atoms. The fourth-order valence-electron chi connectivity index (χ4n) is 0.633. The van der Waals surface area contributed by atoms with Crippen LogP contribution >= 0.6 is 0 Å². The van der Waals surface area contributed by atoms with Gasteiger partial charge in [0, 0.05) is 28.2 Å². The molecule has 0 atom stereocenters. The molecule has 0 saturated carbocycles. The Balaban J connectivity index is 3.56. The zero-order valence-corrected chi connectivity index (χ0v) is 10.1. The lowest BCUT2D eigenvalue weighted by molar-refractivity contribution is 0.125. The molecule has 0 rings (SSSR count). The Hall–Kier alpha value is -1.72. The Bertz CT molecular complexity index is 236. The second-order valence-corrected chi connectivity index (χ2v) is 3.41. The van der Waals surface area contributed by atoms with Crippen molar-refractivity contribution in [1.82, 2.24) is 9.80 Å². The quantitative estimate of drug-likeness (QED) is 0.674. The van der Waals surface area contributed by atoms with Crippen molar-refractivity contribution in [2.75, 3.05) is 41.4 Å². The highest BCUT2D eigenvalue weighted by molar-refractivity contribution is 5.67. The predicted molar refractivity (Wildman–Crippen MR) is 59.2 cm³/mol. The third-order valence-corrected chi connectivity index (χ3v) is 1.50. The fourth-order valence-corrected chi connectivity index (χ4v) is 0.633. The van der Waals surface area contributed by atoms with Gasteiger partial charge >= 0.3 is 12.2 Å². The molecule has 2 amide bonds. The van der Waals surface area contributed by atoms with E-state index in [-0.39, 0.29) is 13.2 Å². The number of carbonyl (C=O) groups excluding carboxylic acids is 2. The van der Waals surface area contributed by atoms with E-state index in [0.717, 1.165) is 0 Å². The molecule has 0 aromatic rings. The zero-order chi connectivity index (χ0) is 12.6. The van der Waals surface area contributed by atoms with E-state index in [0.29, 0.717) is 0 Å². The monoisotopic (exact) mass is 230 g/mol. The van der Waals surface area contributed by atoms with Gasteiger partial charge in [-0.25, -0.2) is 9.59 Å². The highest BCUT2D eigenvalue weighted by Crippen LogP contribution is 1.88. The third kappa shape index (κ3) is 6.69. The van der Waals surface area contributed by atoms with Gasteiger partial charge < -0.3 is 19.3 Å². The van der Waals surface area contributed by atoms with Crippen LogP contribution in [0.1, 0.15) is 0 Å². The second-order valence-electron chi connectivity index (χ2n) is 3.41. The third-order valence-electron chi connectivity index (χ3n) is 1.50. The highest BCUT2D eigenvalue weighted by atomic mass is 16.6. The van der Waals surface area contributed by atoms with Crippen LogP contribution in [0.15, 0.2) is 12.2 Å². The lowest BCUT2D eigenvalue weighted by Gasteiger charge is -2.09. The molecule has 0 aliphatic heterocycles. The predicted octanol–water partition coefficient (Wildman–Crippen LogP) is 0.939. The number of nitrogens with zero attached hydrogens (tertiary/aromatic N) is 2. The Morgan fingerprint density at radius 3 is 1.44 bits per heavy atom. The van der Waals surface area contributed by atoms with E-state index in [1.54, 1.807) is 40.3 Å². The van der Waals surface area contributed by atoms with Gasteiger partial charge in [-0.05, 0) is 12.2 Å². The Morgan fingerprint density at radius 2 is 1.19 bits per heavy atom. The molecule has 0 aliphatic carbocycles. The molecule has 0 radical (unpaired) electrons. The van der Waals surface area contributed by atoms with Gasteiger partial charge in [0.15, 0.2) is 0 Å². The molecule has 0 N–H and O–H groups in total. The highest BCUT2D eigenvalue weighted by Gasteiger charge is 2.02. The molecule has 16 heavy (non-hydrogen) atoms. The molecule has 6 heteroatoms. The lowest BCUT2D eigenvalue weighted by Crippen LogP contribution is -2.23. The minimum Gasteiger partial charge on any atom is -0.445 e. The maximum atomic E-state index is 11.0. The van der Waals surface area contributed by atoms with Crippen molar-refractivity contribution in [3.05, 3.63) is 12.2 Å². The van der Waals surface area contributed by atoms with Crippen LogP contribution in [0.3, 0.4) is 0 Å². The van der Waals surface area contributed by atoms with Crippen LogP contribution < -0.4 is 0 Å². The van der Waals surface area contributed by atoms with Crippen LogP contribution in [0.4, 0.5) is 9.59 Å². The lowest BCUT2D eigenvalue weighted by atomic mass is 10.5. The van der Waals surface area contributed by atoms with Crippen molar-refractivity contribution in [1.29, 1.82) is 0 Å². The van der Waals surface area contributed by atoms with E-state index in [1.807, 2.05) is 0 Å². The number of carbonyl (C=O) groups is 2. The fraction of sp³-hybridized carbons (Fsp3) is 0.600. The van der Waals surface area contributed by atoms with Crippen LogP contribution in [0.5, 0.6) is 0 Å². The van der Waals surface area contributed by atoms with Crippen molar-refractivity contribution in [2.45, 2.75) is 0 Å². The van der Waals surface area contributed by atoms with Crippen molar-refractivity contribution in [2.24, 2.45) is 0 Å². The van der Waals surface area contributed by atoms with Crippen LogP contribution in [-0.2, 0) is 9.47 Å². The molecule has 0 aromatic carbocycles. The van der Waals surface area contributed by atoms with Crippen molar-refractivity contribution in [3.8, 4) is 0 Å². The summed E-state index contributed by atoms with van der Waals surface area (Å²) in [6, 6.07) is 0. The van der Waals surface area contributed by atoms with Gasteiger partial charge in [-0.1, -0.05) is 0 Å². The number of rotatable bonds is 4. The average Bonchev–Trinajstić information content (AvgIpc) is 2.21. The molecule has 0 aromatic heterocycles. The van der Waals surface area contributed by atoms with E-state index in [1.165, 1.54) is 9.80 Å². The Labute approximate surface area is 95.4 Å². The van der Waals surface area contributed by atoms with Gasteiger partial charge in [0.1, 0.15) is 13.2 Å². The normalized spacial score (nSPS) is 10.0. The first kappa shape index (κ1) is 14.3. The standard InChI is InChI=1S/C10H18N2O4/c1-11(2)9(13)15-7-5-6-8-16-10(14)12(3)4/h5-6H,7-8H2,1-4H3. The van der Waals surface area contributed by atoms with Crippen molar-refractivity contribution >= 4 is 12.2 Å². The van der Waals surface area contributed by atoms with Crippen molar-refractivity contribution < 1.29 is 19.1 Å². The molecule has 0 fully saturated rings. The summed E-state index contributed by atoms with van der Waals surface area (Å²) < 4.78 is 9.61. The van der Waals surface area contributed by atoms with Gasteiger partial charge in [0.2, 0.25) is 0 Å².